The first kappa shape index (κ1) is 15.9. The maximum absolute atomic E-state index is 12.6. The highest BCUT2D eigenvalue weighted by molar-refractivity contribution is 7.89. The number of nitro groups is 1. The zero-order chi connectivity index (χ0) is 15.6. The molecule has 0 aliphatic carbocycles. The summed E-state index contributed by atoms with van der Waals surface area (Å²) in [6, 6.07) is 3.92. The summed E-state index contributed by atoms with van der Waals surface area (Å²) >= 11 is 0. The molecule has 0 radical (unpaired) electrons. The van der Waals surface area contributed by atoms with Gasteiger partial charge in [0, 0.05) is 25.2 Å². The Kier molecular flexibility index (Phi) is 4.60. The van der Waals surface area contributed by atoms with Crippen molar-refractivity contribution in [1.82, 2.24) is 4.31 Å². The Morgan fingerprint density at radius 2 is 2.00 bits per heavy atom. The molecule has 1 heterocycles. The molecule has 1 aromatic carbocycles. The van der Waals surface area contributed by atoms with Crippen LogP contribution in [0, 0.1) is 23.0 Å². The van der Waals surface area contributed by atoms with Crippen molar-refractivity contribution in [3.8, 4) is 0 Å². The van der Waals surface area contributed by atoms with Crippen LogP contribution >= 0.6 is 0 Å². The third-order valence-corrected chi connectivity index (χ3v) is 5.95. The summed E-state index contributed by atoms with van der Waals surface area (Å²) in [4.78, 5) is 10.3. The number of sulfonamides is 1. The SMILES string of the molecule is Cc1ccc([N+](=O)[O-])cc1S(=O)(=O)N1CCC(CN)CC1. The number of piperidine rings is 1. The van der Waals surface area contributed by atoms with E-state index in [9.17, 15) is 18.5 Å². The molecule has 1 fully saturated rings. The molecule has 0 atom stereocenters. The van der Waals surface area contributed by atoms with Gasteiger partial charge in [0.2, 0.25) is 10.0 Å². The van der Waals surface area contributed by atoms with Gasteiger partial charge in [-0.15, -0.1) is 0 Å². The number of aryl methyl sites for hydroxylation is 1. The van der Waals surface area contributed by atoms with Gasteiger partial charge >= 0.3 is 0 Å². The van der Waals surface area contributed by atoms with Crippen molar-refractivity contribution < 1.29 is 13.3 Å². The lowest BCUT2D eigenvalue weighted by molar-refractivity contribution is -0.385. The molecule has 116 valence electrons. The predicted octanol–water partition coefficient (Wildman–Crippen LogP) is 1.26. The van der Waals surface area contributed by atoms with Gasteiger partial charge in [-0.05, 0) is 37.8 Å². The van der Waals surface area contributed by atoms with E-state index in [2.05, 4.69) is 0 Å². The Balaban J connectivity index is 2.32. The zero-order valence-corrected chi connectivity index (χ0v) is 12.7. The summed E-state index contributed by atoms with van der Waals surface area (Å²) in [5, 5.41) is 10.8. The Morgan fingerprint density at radius 1 is 1.38 bits per heavy atom. The Bertz CT molecular complexity index is 637. The lowest BCUT2D eigenvalue weighted by Crippen LogP contribution is -2.40. The van der Waals surface area contributed by atoms with Crippen LogP contribution in [0.1, 0.15) is 18.4 Å². The normalized spacial score (nSPS) is 17.8. The summed E-state index contributed by atoms with van der Waals surface area (Å²) < 4.78 is 26.7. The molecule has 0 spiro atoms. The number of nitrogens with two attached hydrogens (primary N) is 1. The second kappa shape index (κ2) is 6.08. The molecule has 1 aromatic rings. The first-order valence-electron chi connectivity index (χ1n) is 6.81. The number of hydrogen-bond acceptors (Lipinski definition) is 5. The fraction of sp³-hybridized carbons (Fsp3) is 0.538. The molecule has 0 unspecified atom stereocenters. The largest absolute Gasteiger partial charge is 0.330 e. The molecule has 0 amide bonds. The van der Waals surface area contributed by atoms with Gasteiger partial charge in [-0.1, -0.05) is 6.07 Å². The van der Waals surface area contributed by atoms with Crippen molar-refractivity contribution in [1.29, 1.82) is 0 Å². The molecule has 0 saturated carbocycles. The predicted molar refractivity (Wildman–Crippen MR) is 78.4 cm³/mol. The summed E-state index contributed by atoms with van der Waals surface area (Å²) in [6.45, 7) is 3.02. The molecular formula is C13H19N3O4S. The Labute approximate surface area is 123 Å². The third kappa shape index (κ3) is 3.22. The highest BCUT2D eigenvalue weighted by atomic mass is 32.2. The molecule has 8 heteroatoms. The molecule has 0 bridgehead atoms. The van der Waals surface area contributed by atoms with E-state index in [1.165, 1.54) is 16.4 Å². The summed E-state index contributed by atoms with van der Waals surface area (Å²) in [5.41, 5.74) is 5.91. The van der Waals surface area contributed by atoms with E-state index in [1.54, 1.807) is 6.92 Å². The van der Waals surface area contributed by atoms with Gasteiger partial charge in [-0.3, -0.25) is 10.1 Å². The van der Waals surface area contributed by atoms with E-state index < -0.39 is 14.9 Å². The van der Waals surface area contributed by atoms with E-state index in [0.29, 0.717) is 31.1 Å². The van der Waals surface area contributed by atoms with Crippen molar-refractivity contribution in [3.05, 3.63) is 33.9 Å². The summed E-state index contributed by atoms with van der Waals surface area (Å²) in [5.74, 6) is 0.350. The molecule has 2 N–H and O–H groups in total. The van der Waals surface area contributed by atoms with Crippen molar-refractivity contribution >= 4 is 15.7 Å². The number of rotatable bonds is 4. The molecule has 1 aliphatic heterocycles. The fourth-order valence-electron chi connectivity index (χ4n) is 2.50. The maximum atomic E-state index is 12.6. The van der Waals surface area contributed by atoms with Gasteiger partial charge in [0.15, 0.2) is 0 Å². The zero-order valence-electron chi connectivity index (χ0n) is 11.9. The van der Waals surface area contributed by atoms with E-state index in [-0.39, 0.29) is 10.6 Å². The van der Waals surface area contributed by atoms with Gasteiger partial charge in [0.25, 0.3) is 5.69 Å². The fourth-order valence-corrected chi connectivity index (χ4v) is 4.22. The van der Waals surface area contributed by atoms with Crippen molar-refractivity contribution in [3.63, 3.8) is 0 Å². The second-order valence-electron chi connectivity index (χ2n) is 5.29. The van der Waals surface area contributed by atoms with Crippen LogP contribution in [0.15, 0.2) is 23.1 Å². The molecule has 1 saturated heterocycles. The topological polar surface area (TPSA) is 107 Å². The number of benzene rings is 1. The number of non-ortho nitro benzene ring substituents is 1. The van der Waals surface area contributed by atoms with Crippen LogP contribution in [-0.2, 0) is 10.0 Å². The quantitative estimate of drug-likeness (QED) is 0.665. The maximum Gasteiger partial charge on any atom is 0.270 e. The highest BCUT2D eigenvalue weighted by Crippen LogP contribution is 2.27. The minimum absolute atomic E-state index is 0.0166. The molecule has 0 aromatic heterocycles. The number of nitrogens with zero attached hydrogens (tertiary/aromatic N) is 2. The Hall–Kier alpha value is -1.51. The van der Waals surface area contributed by atoms with Gasteiger partial charge in [-0.2, -0.15) is 4.31 Å². The molecule has 7 nitrogen and oxygen atoms in total. The minimum Gasteiger partial charge on any atom is -0.330 e. The number of hydrogen-bond donors (Lipinski definition) is 1. The van der Waals surface area contributed by atoms with Gasteiger partial charge < -0.3 is 5.73 Å². The van der Waals surface area contributed by atoms with E-state index in [0.717, 1.165) is 18.9 Å². The second-order valence-corrected chi connectivity index (χ2v) is 7.20. The van der Waals surface area contributed by atoms with Crippen LogP contribution in [0.2, 0.25) is 0 Å². The molecular weight excluding hydrogens is 294 g/mol. The van der Waals surface area contributed by atoms with Crippen LogP contribution < -0.4 is 5.73 Å². The average Bonchev–Trinajstić information content (AvgIpc) is 2.47. The molecule has 21 heavy (non-hydrogen) atoms. The monoisotopic (exact) mass is 313 g/mol. The van der Waals surface area contributed by atoms with E-state index in [1.807, 2.05) is 0 Å². The van der Waals surface area contributed by atoms with Gasteiger partial charge in [-0.25, -0.2) is 8.42 Å². The first-order valence-corrected chi connectivity index (χ1v) is 8.25. The third-order valence-electron chi connectivity index (χ3n) is 3.91. The molecule has 1 aliphatic rings. The molecule has 2 rings (SSSR count). The minimum atomic E-state index is -3.69. The average molecular weight is 313 g/mol. The van der Waals surface area contributed by atoms with Crippen LogP contribution in [0.3, 0.4) is 0 Å². The van der Waals surface area contributed by atoms with Crippen LogP contribution in [-0.4, -0.2) is 37.3 Å². The first-order chi connectivity index (χ1) is 9.86. The smallest absolute Gasteiger partial charge is 0.270 e. The number of nitro benzene ring substituents is 1. The van der Waals surface area contributed by atoms with Gasteiger partial charge in [0.05, 0.1) is 9.82 Å². The lowest BCUT2D eigenvalue weighted by Gasteiger charge is -2.30. The van der Waals surface area contributed by atoms with Crippen molar-refractivity contribution in [2.24, 2.45) is 11.7 Å². The summed E-state index contributed by atoms with van der Waals surface area (Å²) in [7, 11) is -3.69. The van der Waals surface area contributed by atoms with E-state index >= 15 is 0 Å². The standard InChI is InChI=1S/C13H19N3O4S/c1-10-2-3-12(16(17)18)8-13(10)21(19,20)15-6-4-11(9-14)5-7-15/h2-3,8,11H,4-7,9,14H2,1H3. The van der Waals surface area contributed by atoms with Gasteiger partial charge in [0.1, 0.15) is 0 Å². The van der Waals surface area contributed by atoms with Crippen LogP contribution in [0.5, 0.6) is 0 Å². The van der Waals surface area contributed by atoms with Crippen molar-refractivity contribution in [2.75, 3.05) is 19.6 Å². The van der Waals surface area contributed by atoms with Crippen molar-refractivity contribution in [2.45, 2.75) is 24.7 Å². The summed E-state index contributed by atoms with van der Waals surface area (Å²) in [6.07, 6.45) is 1.45. The Morgan fingerprint density at radius 3 is 2.52 bits per heavy atom. The highest BCUT2D eigenvalue weighted by Gasteiger charge is 2.31. The van der Waals surface area contributed by atoms with E-state index in [4.69, 9.17) is 5.73 Å². The lowest BCUT2D eigenvalue weighted by atomic mass is 9.99. The van der Waals surface area contributed by atoms with Crippen LogP contribution in [0.25, 0.3) is 0 Å². The van der Waals surface area contributed by atoms with Crippen LogP contribution in [0.4, 0.5) is 5.69 Å².